The summed E-state index contributed by atoms with van der Waals surface area (Å²) < 4.78 is 10.6. The average molecular weight is 278 g/mol. The Morgan fingerprint density at radius 3 is 2.65 bits per heavy atom. The molecule has 0 saturated carbocycles. The summed E-state index contributed by atoms with van der Waals surface area (Å²) in [7, 11) is 1.46. The van der Waals surface area contributed by atoms with Crippen molar-refractivity contribution in [3.63, 3.8) is 0 Å². The van der Waals surface area contributed by atoms with Gasteiger partial charge in [0, 0.05) is 25.7 Å². The molecule has 3 atom stereocenters. The van der Waals surface area contributed by atoms with Crippen LogP contribution in [0.15, 0.2) is 18.2 Å². The highest BCUT2D eigenvalue weighted by Crippen LogP contribution is 2.28. The molecule has 2 heterocycles. The SMILES string of the molecule is COc1cc(C(=O)OC2C[C@H]3CC[C@@H](C2)[NH2+]3)ccc1O. The molecule has 0 amide bonds. The third-order valence-electron chi connectivity index (χ3n) is 4.27. The molecule has 0 aromatic heterocycles. The zero-order chi connectivity index (χ0) is 14.1. The highest BCUT2D eigenvalue weighted by Gasteiger charge is 2.39. The van der Waals surface area contributed by atoms with Crippen LogP contribution in [-0.2, 0) is 4.74 Å². The number of phenols is 1. The van der Waals surface area contributed by atoms with Gasteiger partial charge in [0.15, 0.2) is 11.5 Å². The van der Waals surface area contributed by atoms with E-state index in [0.29, 0.717) is 17.6 Å². The number of fused-ring (bicyclic) bond motifs is 2. The Kier molecular flexibility index (Phi) is 3.53. The normalized spacial score (nSPS) is 28.1. The lowest BCUT2D eigenvalue weighted by Gasteiger charge is -2.26. The number of piperidine rings is 1. The first-order valence-corrected chi connectivity index (χ1v) is 7.08. The fraction of sp³-hybridized carbons (Fsp3) is 0.533. The number of carbonyl (C=O) groups is 1. The molecule has 2 fully saturated rings. The Morgan fingerprint density at radius 2 is 2.00 bits per heavy atom. The predicted octanol–water partition coefficient (Wildman–Crippen LogP) is 0.814. The monoisotopic (exact) mass is 278 g/mol. The van der Waals surface area contributed by atoms with Crippen LogP contribution in [0.2, 0.25) is 0 Å². The van der Waals surface area contributed by atoms with Crippen molar-refractivity contribution in [1.82, 2.24) is 0 Å². The van der Waals surface area contributed by atoms with Gasteiger partial charge in [-0.1, -0.05) is 0 Å². The van der Waals surface area contributed by atoms with Gasteiger partial charge in [-0.3, -0.25) is 0 Å². The molecule has 2 aliphatic heterocycles. The fourth-order valence-corrected chi connectivity index (χ4v) is 3.29. The van der Waals surface area contributed by atoms with Crippen LogP contribution in [0.25, 0.3) is 0 Å². The van der Waals surface area contributed by atoms with Crippen LogP contribution < -0.4 is 10.1 Å². The van der Waals surface area contributed by atoms with E-state index in [1.807, 2.05) is 0 Å². The van der Waals surface area contributed by atoms with Crippen molar-refractivity contribution in [2.75, 3.05) is 7.11 Å². The lowest BCUT2D eigenvalue weighted by molar-refractivity contribution is -0.712. The van der Waals surface area contributed by atoms with E-state index in [4.69, 9.17) is 9.47 Å². The van der Waals surface area contributed by atoms with Gasteiger partial charge in [-0.25, -0.2) is 4.79 Å². The molecule has 0 radical (unpaired) electrons. The van der Waals surface area contributed by atoms with Crippen LogP contribution >= 0.6 is 0 Å². The summed E-state index contributed by atoms with van der Waals surface area (Å²) in [6, 6.07) is 5.75. The topological polar surface area (TPSA) is 72.4 Å². The van der Waals surface area contributed by atoms with Gasteiger partial charge in [-0.15, -0.1) is 0 Å². The Morgan fingerprint density at radius 1 is 1.30 bits per heavy atom. The van der Waals surface area contributed by atoms with E-state index in [1.54, 1.807) is 6.07 Å². The van der Waals surface area contributed by atoms with Crippen molar-refractivity contribution < 1.29 is 24.7 Å². The van der Waals surface area contributed by atoms with E-state index in [-0.39, 0.29) is 23.6 Å². The maximum absolute atomic E-state index is 12.2. The highest BCUT2D eigenvalue weighted by molar-refractivity contribution is 5.90. The Bertz CT molecular complexity index is 505. The zero-order valence-electron chi connectivity index (χ0n) is 11.5. The van der Waals surface area contributed by atoms with Crippen molar-refractivity contribution >= 4 is 5.97 Å². The van der Waals surface area contributed by atoms with Crippen LogP contribution in [0.3, 0.4) is 0 Å². The van der Waals surface area contributed by atoms with E-state index < -0.39 is 0 Å². The number of nitrogens with two attached hydrogens (primary N) is 1. The smallest absolute Gasteiger partial charge is 0.338 e. The van der Waals surface area contributed by atoms with E-state index in [9.17, 15) is 9.90 Å². The molecule has 5 nitrogen and oxygen atoms in total. The van der Waals surface area contributed by atoms with Gasteiger partial charge in [-0.05, 0) is 18.2 Å². The summed E-state index contributed by atoms with van der Waals surface area (Å²) in [5.74, 6) is -0.0274. The summed E-state index contributed by atoms with van der Waals surface area (Å²) in [6.07, 6.45) is 4.36. The minimum absolute atomic E-state index is 0.0183. The molecule has 0 aliphatic carbocycles. The maximum atomic E-state index is 12.2. The van der Waals surface area contributed by atoms with Gasteiger partial charge in [0.2, 0.25) is 0 Å². The predicted molar refractivity (Wildman–Crippen MR) is 71.8 cm³/mol. The first-order valence-electron chi connectivity index (χ1n) is 7.08. The largest absolute Gasteiger partial charge is 0.504 e. The number of ether oxygens (including phenoxy) is 2. The molecule has 1 aromatic rings. The van der Waals surface area contributed by atoms with E-state index >= 15 is 0 Å². The number of hydrogen-bond donors (Lipinski definition) is 2. The van der Waals surface area contributed by atoms with Crippen LogP contribution in [0.1, 0.15) is 36.0 Å². The van der Waals surface area contributed by atoms with Crippen LogP contribution in [-0.4, -0.2) is 36.4 Å². The number of hydrogen-bond acceptors (Lipinski definition) is 4. The number of phenolic OH excluding ortho intramolecular Hbond substituents is 1. The second-order valence-electron chi connectivity index (χ2n) is 5.68. The molecule has 0 spiro atoms. The molecule has 5 heteroatoms. The van der Waals surface area contributed by atoms with Crippen molar-refractivity contribution in [2.24, 2.45) is 0 Å². The molecule has 2 bridgehead atoms. The zero-order valence-corrected chi connectivity index (χ0v) is 11.5. The first kappa shape index (κ1) is 13.2. The lowest BCUT2D eigenvalue weighted by Crippen LogP contribution is -2.93. The van der Waals surface area contributed by atoms with Gasteiger partial charge in [0.1, 0.15) is 6.10 Å². The molecule has 1 aromatic carbocycles. The molecule has 2 aliphatic rings. The quantitative estimate of drug-likeness (QED) is 0.803. The molecule has 1 unspecified atom stereocenters. The van der Waals surface area contributed by atoms with Gasteiger partial charge in [0.05, 0.1) is 24.8 Å². The van der Waals surface area contributed by atoms with E-state index in [1.165, 1.54) is 32.1 Å². The number of quaternary nitrogens is 1. The van der Waals surface area contributed by atoms with Gasteiger partial charge in [-0.2, -0.15) is 0 Å². The second kappa shape index (κ2) is 5.32. The number of carbonyl (C=O) groups excluding carboxylic acids is 1. The van der Waals surface area contributed by atoms with Crippen LogP contribution in [0, 0.1) is 0 Å². The number of esters is 1. The fourth-order valence-electron chi connectivity index (χ4n) is 3.29. The average Bonchev–Trinajstić information content (AvgIpc) is 2.78. The maximum Gasteiger partial charge on any atom is 0.338 e. The highest BCUT2D eigenvalue weighted by atomic mass is 16.5. The van der Waals surface area contributed by atoms with Gasteiger partial charge >= 0.3 is 5.97 Å². The minimum Gasteiger partial charge on any atom is -0.504 e. The second-order valence-corrected chi connectivity index (χ2v) is 5.68. The Labute approximate surface area is 117 Å². The lowest BCUT2D eigenvalue weighted by atomic mass is 10.0. The molecule has 3 N–H and O–H groups in total. The molecule has 2 saturated heterocycles. The Balaban J connectivity index is 1.67. The summed E-state index contributed by atoms with van der Waals surface area (Å²) in [5, 5.41) is 11.9. The first-order chi connectivity index (χ1) is 9.65. The van der Waals surface area contributed by atoms with E-state index in [2.05, 4.69) is 5.32 Å². The third-order valence-corrected chi connectivity index (χ3v) is 4.27. The van der Waals surface area contributed by atoms with Crippen LogP contribution in [0.5, 0.6) is 11.5 Å². The summed E-state index contributed by atoms with van der Waals surface area (Å²) in [6.45, 7) is 0. The van der Waals surface area contributed by atoms with Crippen molar-refractivity contribution in [3.8, 4) is 11.5 Å². The molecule has 3 rings (SSSR count). The molecular weight excluding hydrogens is 258 g/mol. The molecular formula is C15H20NO4+. The van der Waals surface area contributed by atoms with Crippen molar-refractivity contribution in [3.05, 3.63) is 23.8 Å². The molecule has 20 heavy (non-hydrogen) atoms. The van der Waals surface area contributed by atoms with E-state index in [0.717, 1.165) is 12.8 Å². The summed E-state index contributed by atoms with van der Waals surface area (Å²) in [4.78, 5) is 12.2. The minimum atomic E-state index is -0.338. The number of rotatable bonds is 3. The van der Waals surface area contributed by atoms with Crippen molar-refractivity contribution in [1.29, 1.82) is 0 Å². The number of methoxy groups -OCH3 is 1. The summed E-state index contributed by atoms with van der Waals surface area (Å²) >= 11 is 0. The standard InChI is InChI=1S/C15H19NO4/c1-19-14-6-9(2-5-13(14)17)15(18)20-12-7-10-3-4-11(8-12)16-10/h2,5-6,10-12,16-17H,3-4,7-8H2,1H3/p+1/t10-,11+,12?. The van der Waals surface area contributed by atoms with Crippen LogP contribution in [0.4, 0.5) is 0 Å². The number of aromatic hydroxyl groups is 1. The number of benzene rings is 1. The summed E-state index contributed by atoms with van der Waals surface area (Å²) in [5.41, 5.74) is 0.418. The Hall–Kier alpha value is -1.75. The van der Waals surface area contributed by atoms with Crippen molar-refractivity contribution in [2.45, 2.75) is 43.9 Å². The third kappa shape index (κ3) is 2.58. The molecule has 108 valence electrons. The van der Waals surface area contributed by atoms with Gasteiger partial charge in [0.25, 0.3) is 0 Å². The van der Waals surface area contributed by atoms with Gasteiger partial charge < -0.3 is 19.9 Å².